The van der Waals surface area contributed by atoms with Crippen molar-refractivity contribution in [3.8, 4) is 28.6 Å². The van der Waals surface area contributed by atoms with E-state index in [4.69, 9.17) is 14.2 Å². The number of pyridine rings is 1. The summed E-state index contributed by atoms with van der Waals surface area (Å²) in [5.74, 6) is 1.84. The van der Waals surface area contributed by atoms with Gasteiger partial charge in [-0.05, 0) is 32.3 Å². The maximum Gasteiger partial charge on any atom is 0.221 e. The topological polar surface area (TPSA) is 72.9 Å². The van der Waals surface area contributed by atoms with E-state index in [9.17, 15) is 4.79 Å². The fraction of sp³-hybridized carbons (Fsp3) is 0.400. The molecule has 7 nitrogen and oxygen atoms in total. The van der Waals surface area contributed by atoms with Gasteiger partial charge in [-0.2, -0.15) is 0 Å². The van der Waals surface area contributed by atoms with Crippen molar-refractivity contribution in [3.63, 3.8) is 0 Å². The van der Waals surface area contributed by atoms with Crippen molar-refractivity contribution < 1.29 is 19.0 Å². The molecule has 0 saturated heterocycles. The summed E-state index contributed by atoms with van der Waals surface area (Å²) in [5.41, 5.74) is 1.57. The molecule has 1 amide bonds. The number of para-hydroxylation sites is 1. The third kappa shape index (κ3) is 4.89. The van der Waals surface area contributed by atoms with Crippen LogP contribution >= 0.6 is 0 Å². The minimum Gasteiger partial charge on any atom is -0.486 e. The van der Waals surface area contributed by atoms with Gasteiger partial charge in [-0.3, -0.25) is 4.79 Å². The lowest BCUT2D eigenvalue weighted by Gasteiger charge is -2.28. The molecule has 0 spiro atoms. The molecule has 7 heteroatoms. The number of nitrogens with one attached hydrogen (secondary N) is 1. The zero-order chi connectivity index (χ0) is 19.2. The molecule has 0 fully saturated rings. The Morgan fingerprint density at radius 1 is 1.30 bits per heavy atom. The largest absolute Gasteiger partial charge is 0.486 e. The van der Waals surface area contributed by atoms with Crippen LogP contribution in [-0.2, 0) is 4.79 Å². The maximum atomic E-state index is 11.9. The Balaban J connectivity index is 1.70. The van der Waals surface area contributed by atoms with Gasteiger partial charge in [0, 0.05) is 24.6 Å². The Hall–Kier alpha value is -2.80. The number of amides is 1. The van der Waals surface area contributed by atoms with Crippen molar-refractivity contribution in [3.05, 3.63) is 36.4 Å². The van der Waals surface area contributed by atoms with Gasteiger partial charge in [0.2, 0.25) is 11.8 Å². The zero-order valence-corrected chi connectivity index (χ0v) is 15.9. The first-order valence-corrected chi connectivity index (χ1v) is 8.92. The number of fused-ring (bicyclic) bond motifs is 1. The van der Waals surface area contributed by atoms with Crippen molar-refractivity contribution in [2.24, 2.45) is 0 Å². The highest BCUT2D eigenvalue weighted by Gasteiger charge is 2.25. The number of ether oxygens (including phenoxy) is 3. The van der Waals surface area contributed by atoms with Gasteiger partial charge in [-0.15, -0.1) is 0 Å². The number of carbonyl (C=O) groups excluding carboxylic acids is 1. The third-order valence-electron chi connectivity index (χ3n) is 4.21. The zero-order valence-electron chi connectivity index (χ0n) is 15.9. The molecule has 0 saturated carbocycles. The van der Waals surface area contributed by atoms with Crippen LogP contribution in [0.2, 0.25) is 0 Å². The van der Waals surface area contributed by atoms with E-state index in [0.717, 1.165) is 11.3 Å². The molecular formula is C20H25N3O4. The standard InChI is InChI=1S/C20H25N3O4/c1-23(2)11-10-18(24)21-12-14-13-26-17-8-4-6-15(20(17)27-14)16-7-5-9-19(22-16)25-3/h4-9,14H,10-13H2,1-3H3,(H,21,24). The molecule has 1 unspecified atom stereocenters. The summed E-state index contributed by atoms with van der Waals surface area (Å²) in [6.45, 7) is 1.49. The quantitative estimate of drug-likeness (QED) is 0.802. The van der Waals surface area contributed by atoms with Crippen LogP contribution < -0.4 is 19.5 Å². The molecule has 0 radical (unpaired) electrons. The van der Waals surface area contributed by atoms with E-state index in [2.05, 4.69) is 10.3 Å². The molecule has 1 aliphatic heterocycles. The van der Waals surface area contributed by atoms with E-state index >= 15 is 0 Å². The highest BCUT2D eigenvalue weighted by molar-refractivity contribution is 5.76. The minimum absolute atomic E-state index is 0.000782. The van der Waals surface area contributed by atoms with Crippen LogP contribution in [0.3, 0.4) is 0 Å². The van der Waals surface area contributed by atoms with Crippen LogP contribution in [0.25, 0.3) is 11.3 Å². The first-order valence-electron chi connectivity index (χ1n) is 8.92. The average molecular weight is 371 g/mol. The highest BCUT2D eigenvalue weighted by Crippen LogP contribution is 2.40. The van der Waals surface area contributed by atoms with Gasteiger partial charge < -0.3 is 24.4 Å². The fourth-order valence-electron chi connectivity index (χ4n) is 2.76. The van der Waals surface area contributed by atoms with Gasteiger partial charge in [0.05, 0.1) is 19.3 Å². The molecule has 144 valence electrons. The molecule has 1 N–H and O–H groups in total. The van der Waals surface area contributed by atoms with Gasteiger partial charge in [0.25, 0.3) is 0 Å². The van der Waals surface area contributed by atoms with E-state index in [1.54, 1.807) is 13.2 Å². The lowest BCUT2D eigenvalue weighted by molar-refractivity contribution is -0.121. The summed E-state index contributed by atoms with van der Waals surface area (Å²) in [7, 11) is 5.47. The molecule has 1 aromatic carbocycles. The van der Waals surface area contributed by atoms with Crippen molar-refractivity contribution in [2.75, 3.05) is 40.9 Å². The Morgan fingerprint density at radius 3 is 2.89 bits per heavy atom. The van der Waals surface area contributed by atoms with Gasteiger partial charge in [0.15, 0.2) is 11.5 Å². The molecule has 0 aliphatic carbocycles. The molecule has 2 heterocycles. The smallest absolute Gasteiger partial charge is 0.221 e. The fourth-order valence-corrected chi connectivity index (χ4v) is 2.76. The van der Waals surface area contributed by atoms with Gasteiger partial charge in [-0.25, -0.2) is 4.98 Å². The molecule has 1 atom stereocenters. The van der Waals surface area contributed by atoms with Crippen LogP contribution in [0.4, 0.5) is 0 Å². The second-order valence-corrected chi connectivity index (χ2v) is 6.61. The van der Waals surface area contributed by atoms with Crippen LogP contribution in [0.1, 0.15) is 6.42 Å². The maximum absolute atomic E-state index is 11.9. The van der Waals surface area contributed by atoms with Crippen LogP contribution in [-0.4, -0.2) is 62.8 Å². The predicted octanol–water partition coefficient (Wildman–Crippen LogP) is 1.96. The van der Waals surface area contributed by atoms with Crippen LogP contribution in [0, 0.1) is 0 Å². The Kier molecular flexibility index (Phi) is 6.13. The molecular weight excluding hydrogens is 346 g/mol. The van der Waals surface area contributed by atoms with E-state index in [1.807, 2.05) is 49.3 Å². The van der Waals surface area contributed by atoms with E-state index < -0.39 is 0 Å². The van der Waals surface area contributed by atoms with E-state index in [-0.39, 0.29) is 12.0 Å². The number of hydrogen-bond acceptors (Lipinski definition) is 6. The second-order valence-electron chi connectivity index (χ2n) is 6.61. The number of nitrogens with zero attached hydrogens (tertiary/aromatic N) is 2. The van der Waals surface area contributed by atoms with Crippen molar-refractivity contribution in [2.45, 2.75) is 12.5 Å². The number of rotatable bonds is 7. The van der Waals surface area contributed by atoms with Crippen molar-refractivity contribution >= 4 is 5.91 Å². The SMILES string of the molecule is COc1cccc(-c2cccc3c2OC(CNC(=O)CCN(C)C)CO3)n1. The normalized spacial score (nSPS) is 15.5. The third-order valence-corrected chi connectivity index (χ3v) is 4.21. The number of aromatic nitrogens is 1. The highest BCUT2D eigenvalue weighted by atomic mass is 16.6. The van der Waals surface area contributed by atoms with E-state index in [1.165, 1.54) is 0 Å². The summed E-state index contributed by atoms with van der Waals surface area (Å²) in [6, 6.07) is 11.3. The van der Waals surface area contributed by atoms with Crippen molar-refractivity contribution in [1.29, 1.82) is 0 Å². The van der Waals surface area contributed by atoms with Crippen LogP contribution in [0.5, 0.6) is 17.4 Å². The van der Waals surface area contributed by atoms with Gasteiger partial charge in [0.1, 0.15) is 12.7 Å². The molecule has 27 heavy (non-hydrogen) atoms. The summed E-state index contributed by atoms with van der Waals surface area (Å²) < 4.78 is 17.2. The molecule has 1 aromatic heterocycles. The number of hydrogen-bond donors (Lipinski definition) is 1. The van der Waals surface area contributed by atoms with Gasteiger partial charge >= 0.3 is 0 Å². The lowest BCUT2D eigenvalue weighted by atomic mass is 10.1. The monoisotopic (exact) mass is 371 g/mol. The van der Waals surface area contributed by atoms with Gasteiger partial charge in [-0.1, -0.05) is 12.1 Å². The summed E-state index contributed by atoms with van der Waals surface area (Å²) >= 11 is 0. The second kappa shape index (κ2) is 8.73. The van der Waals surface area contributed by atoms with E-state index in [0.29, 0.717) is 43.5 Å². The molecule has 2 aromatic rings. The predicted molar refractivity (Wildman–Crippen MR) is 102 cm³/mol. The molecule has 3 rings (SSSR count). The number of methoxy groups -OCH3 is 1. The number of benzene rings is 1. The first-order chi connectivity index (χ1) is 13.1. The Bertz CT molecular complexity index is 795. The summed E-state index contributed by atoms with van der Waals surface area (Å²) in [5, 5.41) is 2.91. The average Bonchev–Trinajstić information content (AvgIpc) is 2.70. The van der Waals surface area contributed by atoms with Crippen molar-refractivity contribution in [1.82, 2.24) is 15.2 Å². The molecule has 0 bridgehead atoms. The molecule has 1 aliphatic rings. The Morgan fingerprint density at radius 2 is 2.11 bits per heavy atom. The first kappa shape index (κ1) is 19.0. The summed E-state index contributed by atoms with van der Waals surface area (Å²) in [4.78, 5) is 18.4. The Labute approximate surface area is 159 Å². The van der Waals surface area contributed by atoms with Crippen LogP contribution in [0.15, 0.2) is 36.4 Å². The summed E-state index contributed by atoms with van der Waals surface area (Å²) in [6.07, 6.45) is 0.198. The minimum atomic E-state index is -0.257. The number of carbonyl (C=O) groups is 1. The lowest BCUT2D eigenvalue weighted by Crippen LogP contribution is -2.41.